The maximum Gasteiger partial charge on any atom is 0.137 e. The Balaban J connectivity index is 2.22. The fraction of sp³-hybridized carbons (Fsp3) is 0.636. The molecular weight excluding hydrogens is 226 g/mol. The molecule has 1 saturated carbocycles. The van der Waals surface area contributed by atoms with Gasteiger partial charge < -0.3 is 10.4 Å². The summed E-state index contributed by atoms with van der Waals surface area (Å²) < 4.78 is 0. The quantitative estimate of drug-likeness (QED) is 0.797. The summed E-state index contributed by atoms with van der Waals surface area (Å²) in [6.45, 7) is 2.01. The lowest BCUT2D eigenvalue weighted by atomic mass is 9.99. The number of aliphatic hydroxyl groups is 1. The number of rotatable bonds is 3. The average molecular weight is 242 g/mol. The molecule has 1 aliphatic rings. The summed E-state index contributed by atoms with van der Waals surface area (Å²) in [5.41, 5.74) is 0.617. The lowest BCUT2D eigenvalue weighted by molar-refractivity contribution is 0.213. The van der Waals surface area contributed by atoms with E-state index >= 15 is 0 Å². The third kappa shape index (κ3) is 2.13. The Morgan fingerprint density at radius 1 is 1.44 bits per heavy atom. The first kappa shape index (κ1) is 11.6. The number of hydrogen-bond acceptors (Lipinski definition) is 4. The molecule has 0 aromatic carbocycles. The molecule has 2 rings (SSSR count). The Morgan fingerprint density at radius 3 is 2.75 bits per heavy atom. The van der Waals surface area contributed by atoms with E-state index in [2.05, 4.69) is 15.3 Å². The summed E-state index contributed by atoms with van der Waals surface area (Å²) in [5, 5.41) is 13.3. The summed E-state index contributed by atoms with van der Waals surface area (Å²) in [6.07, 6.45) is 5.68. The van der Waals surface area contributed by atoms with Crippen molar-refractivity contribution in [3.63, 3.8) is 0 Å². The molecule has 0 bridgehead atoms. The molecule has 88 valence electrons. The van der Waals surface area contributed by atoms with Crippen LogP contribution in [0.3, 0.4) is 0 Å². The number of aliphatic hydroxyl groups excluding tert-OH is 1. The van der Waals surface area contributed by atoms with Crippen LogP contribution in [-0.2, 0) is 0 Å². The summed E-state index contributed by atoms with van der Waals surface area (Å²) in [7, 11) is 0. The second kappa shape index (κ2) is 4.55. The van der Waals surface area contributed by atoms with E-state index in [-0.39, 0.29) is 12.1 Å². The number of anilines is 1. The second-order valence-corrected chi connectivity index (χ2v) is 4.77. The normalized spacial score (nSPS) is 18.7. The molecule has 1 aromatic heterocycles. The predicted molar refractivity (Wildman–Crippen MR) is 63.7 cm³/mol. The van der Waals surface area contributed by atoms with Gasteiger partial charge in [0.25, 0.3) is 0 Å². The molecule has 0 radical (unpaired) electrons. The Labute approximate surface area is 100 Å². The molecule has 1 aliphatic carbocycles. The highest BCUT2D eigenvalue weighted by Crippen LogP contribution is 2.33. The van der Waals surface area contributed by atoms with Gasteiger partial charge in [0.2, 0.25) is 0 Å². The van der Waals surface area contributed by atoms with Gasteiger partial charge in [0.1, 0.15) is 17.3 Å². The van der Waals surface area contributed by atoms with Crippen LogP contribution in [0.15, 0.2) is 6.33 Å². The van der Waals surface area contributed by atoms with E-state index in [4.69, 9.17) is 11.6 Å². The molecule has 1 aromatic rings. The first-order chi connectivity index (χ1) is 7.67. The standard InChI is InChI=1S/C11H16ClN3O/c1-8-9(12)13-7-14-10(8)15-11(6-16)4-2-3-5-11/h7,16H,2-6H2,1H3,(H,13,14,15). The zero-order chi connectivity index (χ0) is 11.6. The van der Waals surface area contributed by atoms with Gasteiger partial charge in [-0.15, -0.1) is 0 Å². The largest absolute Gasteiger partial charge is 0.394 e. The lowest BCUT2D eigenvalue weighted by Crippen LogP contribution is -2.39. The third-order valence-corrected chi connectivity index (χ3v) is 3.65. The molecule has 0 amide bonds. The number of nitrogens with zero attached hydrogens (tertiary/aromatic N) is 2. The summed E-state index contributed by atoms with van der Waals surface area (Å²) >= 11 is 5.93. The van der Waals surface area contributed by atoms with Gasteiger partial charge in [-0.2, -0.15) is 0 Å². The first-order valence-corrected chi connectivity index (χ1v) is 5.91. The molecule has 1 fully saturated rings. The highest BCUT2D eigenvalue weighted by Gasteiger charge is 2.33. The fourth-order valence-electron chi connectivity index (χ4n) is 2.18. The molecular formula is C11H16ClN3O. The van der Waals surface area contributed by atoms with Gasteiger partial charge in [-0.1, -0.05) is 24.4 Å². The minimum atomic E-state index is -0.220. The van der Waals surface area contributed by atoms with Gasteiger partial charge in [-0.25, -0.2) is 9.97 Å². The van der Waals surface area contributed by atoms with Crippen LogP contribution in [0.5, 0.6) is 0 Å². The molecule has 0 aliphatic heterocycles. The van der Waals surface area contributed by atoms with Crippen LogP contribution in [0.25, 0.3) is 0 Å². The van der Waals surface area contributed by atoms with Crippen LogP contribution in [0.2, 0.25) is 5.15 Å². The van der Waals surface area contributed by atoms with Crippen molar-refractivity contribution in [3.8, 4) is 0 Å². The Kier molecular flexibility index (Phi) is 3.30. The predicted octanol–water partition coefficient (Wildman–Crippen LogP) is 2.16. The van der Waals surface area contributed by atoms with Crippen LogP contribution >= 0.6 is 11.6 Å². The summed E-state index contributed by atoms with van der Waals surface area (Å²) in [5.74, 6) is 0.732. The van der Waals surface area contributed by atoms with Crippen molar-refractivity contribution >= 4 is 17.4 Å². The molecule has 0 spiro atoms. The average Bonchev–Trinajstić information content (AvgIpc) is 2.74. The first-order valence-electron chi connectivity index (χ1n) is 5.53. The molecule has 16 heavy (non-hydrogen) atoms. The Bertz CT molecular complexity index is 377. The number of halogens is 1. The molecule has 0 saturated heterocycles. The molecule has 5 heteroatoms. The van der Waals surface area contributed by atoms with Crippen molar-refractivity contribution in [2.75, 3.05) is 11.9 Å². The monoisotopic (exact) mass is 241 g/mol. The Hall–Kier alpha value is -0.870. The fourth-order valence-corrected chi connectivity index (χ4v) is 2.31. The number of hydrogen-bond donors (Lipinski definition) is 2. The zero-order valence-electron chi connectivity index (χ0n) is 9.33. The molecule has 2 N–H and O–H groups in total. The van der Waals surface area contributed by atoms with Gasteiger partial charge in [-0.3, -0.25) is 0 Å². The van der Waals surface area contributed by atoms with E-state index in [1.165, 1.54) is 6.33 Å². The van der Waals surface area contributed by atoms with Crippen LogP contribution in [0.4, 0.5) is 5.82 Å². The lowest BCUT2D eigenvalue weighted by Gasteiger charge is -2.29. The van der Waals surface area contributed by atoms with E-state index in [0.29, 0.717) is 5.15 Å². The summed E-state index contributed by atoms with van der Waals surface area (Å²) in [4.78, 5) is 8.09. The van der Waals surface area contributed by atoms with Crippen LogP contribution in [-0.4, -0.2) is 27.2 Å². The van der Waals surface area contributed by atoms with E-state index < -0.39 is 0 Å². The van der Waals surface area contributed by atoms with Crippen molar-refractivity contribution in [2.24, 2.45) is 0 Å². The third-order valence-electron chi connectivity index (χ3n) is 3.27. The van der Waals surface area contributed by atoms with Crippen molar-refractivity contribution in [2.45, 2.75) is 38.1 Å². The van der Waals surface area contributed by atoms with Crippen molar-refractivity contribution < 1.29 is 5.11 Å². The van der Waals surface area contributed by atoms with Gasteiger partial charge in [-0.05, 0) is 19.8 Å². The van der Waals surface area contributed by atoms with E-state index in [9.17, 15) is 5.11 Å². The van der Waals surface area contributed by atoms with E-state index in [1.54, 1.807) is 0 Å². The van der Waals surface area contributed by atoms with E-state index in [0.717, 1.165) is 37.1 Å². The van der Waals surface area contributed by atoms with Gasteiger partial charge in [0.05, 0.1) is 12.1 Å². The van der Waals surface area contributed by atoms with E-state index in [1.807, 2.05) is 6.92 Å². The maximum absolute atomic E-state index is 9.50. The topological polar surface area (TPSA) is 58.0 Å². The van der Waals surface area contributed by atoms with Crippen molar-refractivity contribution in [1.29, 1.82) is 0 Å². The van der Waals surface area contributed by atoms with Gasteiger partial charge in [0.15, 0.2) is 0 Å². The molecule has 0 atom stereocenters. The minimum Gasteiger partial charge on any atom is -0.394 e. The maximum atomic E-state index is 9.50. The van der Waals surface area contributed by atoms with Gasteiger partial charge >= 0.3 is 0 Å². The highest BCUT2D eigenvalue weighted by atomic mass is 35.5. The SMILES string of the molecule is Cc1c(Cl)ncnc1NC1(CO)CCCC1. The highest BCUT2D eigenvalue weighted by molar-refractivity contribution is 6.30. The van der Waals surface area contributed by atoms with Gasteiger partial charge in [0, 0.05) is 5.56 Å². The molecule has 1 heterocycles. The molecule has 0 unspecified atom stereocenters. The van der Waals surface area contributed by atoms with Crippen molar-refractivity contribution in [1.82, 2.24) is 9.97 Å². The van der Waals surface area contributed by atoms with Crippen LogP contribution in [0, 0.1) is 6.92 Å². The van der Waals surface area contributed by atoms with Crippen molar-refractivity contribution in [3.05, 3.63) is 17.0 Å². The van der Waals surface area contributed by atoms with Crippen LogP contribution in [0.1, 0.15) is 31.2 Å². The minimum absolute atomic E-state index is 0.133. The number of nitrogens with one attached hydrogen (secondary N) is 1. The molecule has 4 nitrogen and oxygen atoms in total. The van der Waals surface area contributed by atoms with Crippen LogP contribution < -0.4 is 5.32 Å². The zero-order valence-corrected chi connectivity index (χ0v) is 10.1. The summed E-state index contributed by atoms with van der Waals surface area (Å²) in [6, 6.07) is 0. The smallest absolute Gasteiger partial charge is 0.137 e. The Morgan fingerprint density at radius 2 is 2.12 bits per heavy atom. The number of aromatic nitrogens is 2. The second-order valence-electron chi connectivity index (χ2n) is 4.41.